The number of anilines is 1. The van der Waals surface area contributed by atoms with E-state index in [0.717, 1.165) is 16.1 Å². The molecule has 0 aliphatic heterocycles. The summed E-state index contributed by atoms with van der Waals surface area (Å²) < 4.78 is 39.7. The van der Waals surface area contributed by atoms with Crippen molar-refractivity contribution in [2.24, 2.45) is 0 Å². The molecule has 1 N–H and O–H groups in total. The average Bonchev–Trinajstić information content (AvgIpc) is 2.76. The van der Waals surface area contributed by atoms with E-state index < -0.39 is 15.8 Å². The van der Waals surface area contributed by atoms with Crippen molar-refractivity contribution in [1.82, 2.24) is 5.32 Å². The number of halogens is 1. The Morgan fingerprint density at radius 2 is 1.58 bits per heavy atom. The third kappa shape index (κ3) is 5.92. The largest absolute Gasteiger partial charge is 0.351 e. The first-order valence-corrected chi connectivity index (χ1v) is 11.7. The predicted octanol–water partition coefficient (Wildman–Crippen LogP) is 4.33. The third-order valence-corrected chi connectivity index (χ3v) is 6.17. The van der Waals surface area contributed by atoms with E-state index in [1.807, 2.05) is 37.3 Å². The lowest BCUT2D eigenvalue weighted by molar-refractivity contribution is 0.0951. The van der Waals surface area contributed by atoms with Crippen LogP contribution in [0.25, 0.3) is 0 Å². The van der Waals surface area contributed by atoms with Crippen molar-refractivity contribution < 1.29 is 17.6 Å². The summed E-state index contributed by atoms with van der Waals surface area (Å²) in [6.07, 6.45) is 1.07. The highest BCUT2D eigenvalue weighted by Crippen LogP contribution is 2.22. The molecule has 0 aromatic heterocycles. The third-order valence-electron chi connectivity index (χ3n) is 5.03. The summed E-state index contributed by atoms with van der Waals surface area (Å²) >= 11 is 0. The Labute approximate surface area is 182 Å². The van der Waals surface area contributed by atoms with Crippen molar-refractivity contribution in [3.8, 4) is 0 Å². The molecule has 162 valence electrons. The van der Waals surface area contributed by atoms with Crippen molar-refractivity contribution in [2.75, 3.05) is 17.1 Å². The molecular formula is C24H25FN2O3S. The number of carbonyl (C=O) groups excluding carboxylic acids is 1. The van der Waals surface area contributed by atoms with Crippen LogP contribution in [0.15, 0.2) is 78.9 Å². The Morgan fingerprint density at radius 1 is 0.968 bits per heavy atom. The molecule has 3 aromatic rings. The van der Waals surface area contributed by atoms with Gasteiger partial charge in [-0.15, -0.1) is 0 Å². The predicted molar refractivity (Wildman–Crippen MR) is 121 cm³/mol. The van der Waals surface area contributed by atoms with Crippen LogP contribution in [-0.4, -0.2) is 27.1 Å². The maximum Gasteiger partial charge on any atom is 0.251 e. The topological polar surface area (TPSA) is 66.5 Å². The fraction of sp³-hybridized carbons (Fsp3) is 0.208. The fourth-order valence-electron chi connectivity index (χ4n) is 3.21. The number of nitrogens with zero attached hydrogens (tertiary/aromatic N) is 1. The number of hydrogen-bond donors (Lipinski definition) is 1. The van der Waals surface area contributed by atoms with Gasteiger partial charge in [-0.25, -0.2) is 12.8 Å². The van der Waals surface area contributed by atoms with E-state index >= 15 is 0 Å². The van der Waals surface area contributed by atoms with Crippen LogP contribution in [0.3, 0.4) is 0 Å². The van der Waals surface area contributed by atoms with Crippen molar-refractivity contribution in [1.29, 1.82) is 0 Å². The molecule has 0 bridgehead atoms. The maximum absolute atomic E-state index is 14.0. The Bertz CT molecular complexity index is 1130. The minimum absolute atomic E-state index is 0.133. The van der Waals surface area contributed by atoms with Gasteiger partial charge in [-0.2, -0.15) is 0 Å². The molecule has 5 nitrogen and oxygen atoms in total. The van der Waals surface area contributed by atoms with Crippen LogP contribution < -0.4 is 9.62 Å². The van der Waals surface area contributed by atoms with E-state index in [2.05, 4.69) is 5.32 Å². The van der Waals surface area contributed by atoms with E-state index in [4.69, 9.17) is 0 Å². The zero-order chi connectivity index (χ0) is 22.4. The zero-order valence-electron chi connectivity index (χ0n) is 17.5. The summed E-state index contributed by atoms with van der Waals surface area (Å²) in [5.41, 5.74) is 2.18. The number of amides is 1. The van der Waals surface area contributed by atoms with Crippen LogP contribution in [-0.2, 0) is 16.6 Å². The number of nitrogens with one attached hydrogen (secondary N) is 1. The van der Waals surface area contributed by atoms with Crippen LogP contribution in [0, 0.1) is 5.82 Å². The SMILES string of the molecule is C[C@@H](CNC(=O)c1ccc(N(Cc2ccccc2F)S(C)(=O)=O)cc1)c1ccccc1. The maximum atomic E-state index is 14.0. The Balaban J connectivity index is 1.71. The van der Waals surface area contributed by atoms with Gasteiger partial charge >= 0.3 is 0 Å². The van der Waals surface area contributed by atoms with E-state index in [1.165, 1.54) is 6.07 Å². The lowest BCUT2D eigenvalue weighted by atomic mass is 10.0. The van der Waals surface area contributed by atoms with Crippen LogP contribution in [0.2, 0.25) is 0 Å². The minimum Gasteiger partial charge on any atom is -0.351 e. The van der Waals surface area contributed by atoms with Crippen molar-refractivity contribution >= 4 is 21.6 Å². The summed E-state index contributed by atoms with van der Waals surface area (Å²) in [4.78, 5) is 12.5. The zero-order valence-corrected chi connectivity index (χ0v) is 18.3. The molecule has 1 amide bonds. The monoisotopic (exact) mass is 440 g/mol. The summed E-state index contributed by atoms with van der Waals surface area (Å²) in [5, 5.41) is 2.90. The lowest BCUT2D eigenvalue weighted by Crippen LogP contribution is -2.30. The van der Waals surface area contributed by atoms with Gasteiger partial charge in [0, 0.05) is 17.7 Å². The van der Waals surface area contributed by atoms with Gasteiger partial charge in [0.15, 0.2) is 0 Å². The number of hydrogen-bond acceptors (Lipinski definition) is 3. The molecule has 0 unspecified atom stereocenters. The second-order valence-electron chi connectivity index (χ2n) is 7.43. The second-order valence-corrected chi connectivity index (χ2v) is 9.34. The highest BCUT2D eigenvalue weighted by molar-refractivity contribution is 7.92. The van der Waals surface area contributed by atoms with Gasteiger partial charge in [-0.3, -0.25) is 9.10 Å². The second kappa shape index (κ2) is 9.75. The van der Waals surface area contributed by atoms with E-state index in [0.29, 0.717) is 17.8 Å². The minimum atomic E-state index is -3.65. The number of rotatable bonds is 8. The first-order chi connectivity index (χ1) is 14.8. The van der Waals surface area contributed by atoms with Crippen LogP contribution >= 0.6 is 0 Å². The van der Waals surface area contributed by atoms with E-state index in [-0.39, 0.29) is 23.9 Å². The Morgan fingerprint density at radius 3 is 2.19 bits per heavy atom. The molecule has 0 radical (unpaired) electrons. The standard InChI is InChI=1S/C24H25FN2O3S/c1-18(19-8-4-3-5-9-19)16-26-24(28)20-12-14-22(15-13-20)27(31(2,29)30)17-21-10-6-7-11-23(21)25/h3-15,18H,16-17H2,1-2H3,(H,26,28)/t18-/m0/s1. The van der Waals surface area contributed by atoms with Crippen LogP contribution in [0.5, 0.6) is 0 Å². The first kappa shape index (κ1) is 22.5. The van der Waals surface area contributed by atoms with Gasteiger partial charge in [0.1, 0.15) is 5.82 Å². The summed E-state index contributed by atoms with van der Waals surface area (Å²) in [6, 6.07) is 22.2. The molecule has 0 aliphatic rings. The van der Waals surface area contributed by atoms with Gasteiger partial charge < -0.3 is 5.32 Å². The molecule has 0 spiro atoms. The molecule has 1 atom stereocenters. The average molecular weight is 441 g/mol. The molecular weight excluding hydrogens is 415 g/mol. The molecule has 0 saturated heterocycles. The Hall–Kier alpha value is -3.19. The number of carbonyl (C=O) groups is 1. The lowest BCUT2D eigenvalue weighted by Gasteiger charge is -2.23. The summed E-state index contributed by atoms with van der Waals surface area (Å²) in [6.45, 7) is 2.38. The van der Waals surface area contributed by atoms with E-state index in [9.17, 15) is 17.6 Å². The molecule has 0 aliphatic carbocycles. The molecule has 7 heteroatoms. The molecule has 0 saturated carbocycles. The van der Waals surface area contributed by atoms with Crippen LogP contribution in [0.1, 0.15) is 34.3 Å². The number of sulfonamides is 1. The number of benzene rings is 3. The molecule has 3 rings (SSSR count). The highest BCUT2D eigenvalue weighted by atomic mass is 32.2. The van der Waals surface area contributed by atoms with Gasteiger partial charge in [-0.1, -0.05) is 55.5 Å². The fourth-order valence-corrected chi connectivity index (χ4v) is 4.09. The van der Waals surface area contributed by atoms with E-state index in [1.54, 1.807) is 42.5 Å². The van der Waals surface area contributed by atoms with Crippen molar-refractivity contribution in [3.05, 3.63) is 101 Å². The van der Waals surface area contributed by atoms with Crippen molar-refractivity contribution in [2.45, 2.75) is 19.4 Å². The molecule has 3 aromatic carbocycles. The Kier molecular flexibility index (Phi) is 7.07. The van der Waals surface area contributed by atoms with Gasteiger partial charge in [0.2, 0.25) is 10.0 Å². The smallest absolute Gasteiger partial charge is 0.251 e. The van der Waals surface area contributed by atoms with Gasteiger partial charge in [-0.05, 0) is 41.8 Å². The van der Waals surface area contributed by atoms with Gasteiger partial charge in [0.05, 0.1) is 18.5 Å². The first-order valence-electron chi connectivity index (χ1n) is 9.90. The summed E-state index contributed by atoms with van der Waals surface area (Å²) in [7, 11) is -3.65. The van der Waals surface area contributed by atoms with Crippen molar-refractivity contribution in [3.63, 3.8) is 0 Å². The highest BCUT2D eigenvalue weighted by Gasteiger charge is 2.20. The van der Waals surface area contributed by atoms with Gasteiger partial charge in [0.25, 0.3) is 5.91 Å². The summed E-state index contributed by atoms with van der Waals surface area (Å²) in [5.74, 6) is -0.556. The quantitative estimate of drug-likeness (QED) is 0.567. The molecule has 0 heterocycles. The normalized spacial score (nSPS) is 12.2. The van der Waals surface area contributed by atoms with Crippen LogP contribution in [0.4, 0.5) is 10.1 Å². The molecule has 0 fully saturated rings. The molecule has 31 heavy (non-hydrogen) atoms.